The van der Waals surface area contributed by atoms with Crippen molar-refractivity contribution in [1.82, 2.24) is 24.5 Å². The van der Waals surface area contributed by atoms with Gasteiger partial charge in [-0.05, 0) is 26.2 Å². The molecule has 0 spiro atoms. The molecule has 0 aromatic carbocycles. The zero-order valence-corrected chi connectivity index (χ0v) is 14.2. The topological polar surface area (TPSA) is 85.1 Å². The first kappa shape index (κ1) is 16.2. The Morgan fingerprint density at radius 2 is 1.71 bits per heavy atom. The lowest BCUT2D eigenvalue weighted by Gasteiger charge is -2.27. The smallest absolute Gasteiger partial charge is 0.274 e. The molecule has 0 aliphatic carbocycles. The van der Waals surface area contributed by atoms with Crippen molar-refractivity contribution in [3.05, 3.63) is 29.3 Å². The van der Waals surface area contributed by atoms with Crippen LogP contribution in [0.2, 0.25) is 0 Å². The van der Waals surface area contributed by atoms with Crippen molar-refractivity contribution in [3.63, 3.8) is 0 Å². The van der Waals surface area contributed by atoms with Crippen LogP contribution in [0.5, 0.6) is 0 Å². The quantitative estimate of drug-likeness (QED) is 0.920. The van der Waals surface area contributed by atoms with Crippen LogP contribution in [0.25, 0.3) is 0 Å². The summed E-state index contributed by atoms with van der Waals surface area (Å²) < 4.78 is 3.15. The molecule has 1 saturated heterocycles. The summed E-state index contributed by atoms with van der Waals surface area (Å²) >= 11 is 0. The Bertz CT molecular complexity index is 770. The molecule has 0 bridgehead atoms. The summed E-state index contributed by atoms with van der Waals surface area (Å²) in [6, 6.07) is 0. The second kappa shape index (κ2) is 6.46. The third-order valence-electron chi connectivity index (χ3n) is 4.51. The van der Waals surface area contributed by atoms with Crippen molar-refractivity contribution in [2.24, 2.45) is 14.1 Å². The minimum absolute atomic E-state index is 0.0899. The standard InChI is InChI=1S/C16H22N6O2/c1-11-12(9-17-20(11)2)15(23)19-13-10-18-21(3)14(13)16(24)22-7-5-4-6-8-22/h9-10H,4-8H2,1-3H3,(H,19,23). The molecule has 1 aliphatic heterocycles. The van der Waals surface area contributed by atoms with Crippen LogP contribution in [0, 0.1) is 6.92 Å². The lowest BCUT2D eigenvalue weighted by molar-refractivity contribution is 0.0714. The highest BCUT2D eigenvalue weighted by molar-refractivity contribution is 6.08. The van der Waals surface area contributed by atoms with E-state index in [9.17, 15) is 9.59 Å². The Hall–Kier alpha value is -2.64. The van der Waals surface area contributed by atoms with E-state index in [-0.39, 0.29) is 11.8 Å². The van der Waals surface area contributed by atoms with Crippen LogP contribution in [-0.4, -0.2) is 49.4 Å². The zero-order valence-electron chi connectivity index (χ0n) is 14.2. The monoisotopic (exact) mass is 330 g/mol. The number of carbonyl (C=O) groups excluding carboxylic acids is 2. The van der Waals surface area contributed by atoms with Gasteiger partial charge >= 0.3 is 0 Å². The van der Waals surface area contributed by atoms with Gasteiger partial charge < -0.3 is 10.2 Å². The number of hydrogen-bond acceptors (Lipinski definition) is 4. The van der Waals surface area contributed by atoms with Gasteiger partial charge in [-0.15, -0.1) is 0 Å². The first-order valence-electron chi connectivity index (χ1n) is 8.10. The maximum absolute atomic E-state index is 12.8. The SMILES string of the molecule is Cc1c(C(=O)Nc2cnn(C)c2C(=O)N2CCCCC2)cnn1C. The van der Waals surface area contributed by atoms with Gasteiger partial charge in [0.2, 0.25) is 0 Å². The number of aromatic nitrogens is 4. The van der Waals surface area contributed by atoms with Gasteiger partial charge in [-0.1, -0.05) is 0 Å². The van der Waals surface area contributed by atoms with Crippen LogP contribution in [-0.2, 0) is 14.1 Å². The van der Waals surface area contributed by atoms with Crippen molar-refractivity contribution in [1.29, 1.82) is 0 Å². The summed E-state index contributed by atoms with van der Waals surface area (Å²) in [6.07, 6.45) is 6.22. The zero-order chi connectivity index (χ0) is 17.3. The highest BCUT2D eigenvalue weighted by Crippen LogP contribution is 2.20. The molecule has 128 valence electrons. The lowest BCUT2D eigenvalue weighted by Crippen LogP contribution is -2.37. The van der Waals surface area contributed by atoms with E-state index in [2.05, 4.69) is 15.5 Å². The van der Waals surface area contributed by atoms with Gasteiger partial charge in [0.05, 0.1) is 23.6 Å². The fourth-order valence-electron chi connectivity index (χ4n) is 2.94. The van der Waals surface area contributed by atoms with E-state index in [1.54, 1.807) is 18.8 Å². The summed E-state index contributed by atoms with van der Waals surface area (Å²) in [4.78, 5) is 27.1. The number of piperidine rings is 1. The predicted molar refractivity (Wildman–Crippen MR) is 88.9 cm³/mol. The van der Waals surface area contributed by atoms with Crippen LogP contribution in [0.3, 0.4) is 0 Å². The molecule has 24 heavy (non-hydrogen) atoms. The number of nitrogens with zero attached hydrogens (tertiary/aromatic N) is 5. The summed E-state index contributed by atoms with van der Waals surface area (Å²) in [5.74, 6) is -0.380. The van der Waals surface area contributed by atoms with Gasteiger partial charge in [0.15, 0.2) is 0 Å². The van der Waals surface area contributed by atoms with Crippen LogP contribution < -0.4 is 5.32 Å². The summed E-state index contributed by atoms with van der Waals surface area (Å²) in [6.45, 7) is 3.32. The van der Waals surface area contributed by atoms with E-state index >= 15 is 0 Å². The molecule has 0 atom stereocenters. The Morgan fingerprint density at radius 3 is 2.33 bits per heavy atom. The van der Waals surface area contributed by atoms with Gasteiger partial charge in [-0.3, -0.25) is 19.0 Å². The number of hydrogen-bond donors (Lipinski definition) is 1. The Labute approximate surface area is 140 Å². The minimum atomic E-state index is -0.290. The largest absolute Gasteiger partial charge is 0.337 e. The predicted octanol–water partition coefficient (Wildman–Crippen LogP) is 1.34. The van der Waals surface area contributed by atoms with Crippen LogP contribution in [0.1, 0.15) is 45.8 Å². The summed E-state index contributed by atoms with van der Waals surface area (Å²) in [5.41, 5.74) is 2.09. The molecule has 3 heterocycles. The van der Waals surface area contributed by atoms with E-state index in [1.165, 1.54) is 17.1 Å². The highest BCUT2D eigenvalue weighted by atomic mass is 16.2. The number of carbonyl (C=O) groups is 2. The van der Waals surface area contributed by atoms with Gasteiger partial charge in [0, 0.05) is 32.9 Å². The van der Waals surface area contributed by atoms with E-state index in [4.69, 9.17) is 0 Å². The van der Waals surface area contributed by atoms with Crippen molar-refractivity contribution < 1.29 is 9.59 Å². The number of likely N-dealkylation sites (tertiary alicyclic amines) is 1. The second-order valence-electron chi connectivity index (χ2n) is 6.10. The van der Waals surface area contributed by atoms with E-state index in [0.717, 1.165) is 38.0 Å². The van der Waals surface area contributed by atoms with Gasteiger partial charge in [0.25, 0.3) is 11.8 Å². The third kappa shape index (κ3) is 2.91. The minimum Gasteiger partial charge on any atom is -0.337 e. The molecule has 0 saturated carbocycles. The van der Waals surface area contributed by atoms with E-state index in [1.807, 2.05) is 11.8 Å². The maximum Gasteiger partial charge on any atom is 0.274 e. The first-order valence-corrected chi connectivity index (χ1v) is 8.10. The van der Waals surface area contributed by atoms with Crippen molar-refractivity contribution >= 4 is 17.5 Å². The Morgan fingerprint density at radius 1 is 1.04 bits per heavy atom. The second-order valence-corrected chi connectivity index (χ2v) is 6.10. The molecular formula is C16H22N6O2. The van der Waals surface area contributed by atoms with Gasteiger partial charge in [0.1, 0.15) is 5.69 Å². The molecule has 1 fully saturated rings. The van der Waals surface area contributed by atoms with Crippen molar-refractivity contribution in [2.45, 2.75) is 26.2 Å². The third-order valence-corrected chi connectivity index (χ3v) is 4.51. The highest BCUT2D eigenvalue weighted by Gasteiger charge is 2.25. The Balaban J connectivity index is 1.83. The average molecular weight is 330 g/mol. The number of amides is 2. The molecule has 0 radical (unpaired) electrons. The number of anilines is 1. The van der Waals surface area contributed by atoms with Gasteiger partial charge in [-0.25, -0.2) is 0 Å². The molecular weight excluding hydrogens is 308 g/mol. The fraction of sp³-hybridized carbons (Fsp3) is 0.500. The maximum atomic E-state index is 12.8. The van der Waals surface area contributed by atoms with Crippen molar-refractivity contribution in [3.8, 4) is 0 Å². The summed E-state index contributed by atoms with van der Waals surface area (Å²) in [7, 11) is 3.49. The molecule has 8 nitrogen and oxygen atoms in total. The van der Waals surface area contributed by atoms with Crippen LogP contribution >= 0.6 is 0 Å². The lowest BCUT2D eigenvalue weighted by atomic mass is 10.1. The van der Waals surface area contributed by atoms with Crippen LogP contribution in [0.4, 0.5) is 5.69 Å². The van der Waals surface area contributed by atoms with Crippen LogP contribution in [0.15, 0.2) is 12.4 Å². The molecule has 1 N–H and O–H groups in total. The number of rotatable bonds is 3. The normalized spacial score (nSPS) is 14.7. The van der Waals surface area contributed by atoms with Crippen molar-refractivity contribution in [2.75, 3.05) is 18.4 Å². The summed E-state index contributed by atoms with van der Waals surface area (Å²) in [5, 5.41) is 11.0. The first-order chi connectivity index (χ1) is 11.5. The van der Waals surface area contributed by atoms with E-state index in [0.29, 0.717) is 16.9 Å². The number of aryl methyl sites for hydroxylation is 2. The molecule has 0 unspecified atom stereocenters. The average Bonchev–Trinajstić information content (AvgIpc) is 3.11. The molecule has 1 aliphatic rings. The molecule has 8 heteroatoms. The number of nitrogens with one attached hydrogen (secondary N) is 1. The fourth-order valence-corrected chi connectivity index (χ4v) is 2.94. The molecule has 2 aromatic rings. The van der Waals surface area contributed by atoms with E-state index < -0.39 is 0 Å². The van der Waals surface area contributed by atoms with Gasteiger partial charge in [-0.2, -0.15) is 10.2 Å². The molecule has 2 aromatic heterocycles. The molecule has 3 rings (SSSR count). The molecule has 2 amide bonds. The Kier molecular flexibility index (Phi) is 4.37.